The van der Waals surface area contributed by atoms with Crippen LogP contribution in [0.2, 0.25) is 0 Å². The van der Waals surface area contributed by atoms with E-state index in [0.717, 1.165) is 66.9 Å². The van der Waals surface area contributed by atoms with Gasteiger partial charge in [-0.3, -0.25) is 9.55 Å². The second kappa shape index (κ2) is 11.8. The topological polar surface area (TPSA) is 40.0 Å². The molecular formula is C47H33N5. The number of benzene rings is 6. The fraction of sp³-hybridized carbons (Fsp3) is 0.0213. The van der Waals surface area contributed by atoms with Crippen LogP contribution >= 0.6 is 0 Å². The highest BCUT2D eigenvalue weighted by atomic mass is 15.1. The van der Waals surface area contributed by atoms with Crippen LogP contribution in [0.25, 0.3) is 88.8 Å². The lowest BCUT2D eigenvalue weighted by atomic mass is 10.0. The molecule has 10 rings (SSSR count). The molecule has 10 aromatic rings. The summed E-state index contributed by atoms with van der Waals surface area (Å²) in [6.45, 7) is 6.30. The van der Waals surface area contributed by atoms with Gasteiger partial charge in [-0.1, -0.05) is 103 Å². The molecule has 0 amide bonds. The maximum atomic E-state index is 4.75. The molecule has 6 aromatic carbocycles. The largest absolute Gasteiger partial charge is 0.313 e. The van der Waals surface area contributed by atoms with Gasteiger partial charge in [0.2, 0.25) is 0 Å². The molecular weight excluding hydrogens is 635 g/mol. The third-order valence-electron chi connectivity index (χ3n) is 10.4. The Morgan fingerprint density at radius 3 is 1.87 bits per heavy atom. The van der Waals surface area contributed by atoms with Crippen molar-refractivity contribution in [3.05, 3.63) is 170 Å². The second-order valence-corrected chi connectivity index (χ2v) is 13.2. The van der Waals surface area contributed by atoms with Crippen molar-refractivity contribution in [1.82, 2.24) is 18.7 Å². The molecule has 0 spiro atoms. The molecule has 0 aliphatic carbocycles. The normalized spacial score (nSPS) is 12.1. The first kappa shape index (κ1) is 29.9. The molecule has 0 saturated heterocycles. The van der Waals surface area contributed by atoms with E-state index in [1.807, 2.05) is 12.4 Å². The maximum Gasteiger partial charge on any atom is 0.144 e. The van der Waals surface area contributed by atoms with Crippen molar-refractivity contribution in [2.75, 3.05) is 0 Å². The van der Waals surface area contributed by atoms with Crippen LogP contribution in [0.5, 0.6) is 0 Å². The van der Waals surface area contributed by atoms with Crippen LogP contribution in [-0.2, 0) is 0 Å². The highest BCUT2D eigenvalue weighted by Crippen LogP contribution is 2.42. The Morgan fingerprint density at radius 2 is 1.15 bits per heavy atom. The van der Waals surface area contributed by atoms with Crippen molar-refractivity contribution in [2.45, 2.75) is 6.92 Å². The fourth-order valence-corrected chi connectivity index (χ4v) is 8.19. The standard InChI is InChI=1S/C47H33N5/c1-31(50-42-22-9-7-20-38(42)40-30-49-27-26-46(40)50)28-39-37-19-6-12-25-45(37)52(47(39)48-2)41-21-8-3-16-34(41)32-14-13-15-33(29-32)51-43-23-10-4-17-35(43)36-18-5-11-24-44(36)51/h3-30H,2H2,1H3/b31-28+. The predicted octanol–water partition coefficient (Wildman–Crippen LogP) is 12.2. The summed E-state index contributed by atoms with van der Waals surface area (Å²) in [5.41, 5.74) is 12.2. The Balaban J connectivity index is 1.18. The third kappa shape index (κ3) is 4.42. The smallest absolute Gasteiger partial charge is 0.144 e. The number of rotatable bonds is 6. The lowest BCUT2D eigenvalue weighted by molar-refractivity contribution is 1.11. The molecule has 5 nitrogen and oxygen atoms in total. The molecule has 0 aliphatic rings. The van der Waals surface area contributed by atoms with Crippen molar-refractivity contribution in [3.63, 3.8) is 0 Å². The summed E-state index contributed by atoms with van der Waals surface area (Å²) < 4.78 is 6.95. The van der Waals surface area contributed by atoms with Gasteiger partial charge in [0.25, 0.3) is 0 Å². The molecule has 52 heavy (non-hydrogen) atoms. The average Bonchev–Trinajstić information content (AvgIpc) is 3.83. The Kier molecular flexibility index (Phi) is 6.80. The fourth-order valence-electron chi connectivity index (χ4n) is 8.19. The molecule has 0 atom stereocenters. The molecule has 4 heterocycles. The number of nitrogens with zero attached hydrogens (tertiary/aromatic N) is 5. The number of para-hydroxylation sites is 5. The quantitative estimate of drug-likeness (QED) is 0.163. The Labute approximate surface area is 300 Å². The van der Waals surface area contributed by atoms with E-state index in [1.165, 1.54) is 27.2 Å². The van der Waals surface area contributed by atoms with Gasteiger partial charge >= 0.3 is 0 Å². The predicted molar refractivity (Wildman–Crippen MR) is 219 cm³/mol. The second-order valence-electron chi connectivity index (χ2n) is 13.2. The van der Waals surface area contributed by atoms with E-state index in [-0.39, 0.29) is 0 Å². The summed E-state index contributed by atoms with van der Waals surface area (Å²) in [6.07, 6.45) is 6.07. The molecule has 4 aromatic heterocycles. The molecule has 0 radical (unpaired) electrons. The van der Waals surface area contributed by atoms with Crippen LogP contribution in [0.1, 0.15) is 12.5 Å². The first-order chi connectivity index (χ1) is 25.7. The van der Waals surface area contributed by atoms with Gasteiger partial charge < -0.3 is 9.13 Å². The molecule has 246 valence electrons. The summed E-state index contributed by atoms with van der Waals surface area (Å²) in [6, 6.07) is 53.9. The number of hydrogen-bond donors (Lipinski definition) is 0. The van der Waals surface area contributed by atoms with E-state index in [2.05, 4.69) is 190 Å². The highest BCUT2D eigenvalue weighted by molar-refractivity contribution is 6.11. The van der Waals surface area contributed by atoms with Gasteiger partial charge in [0, 0.05) is 61.8 Å². The first-order valence-corrected chi connectivity index (χ1v) is 17.5. The molecule has 5 heteroatoms. The number of pyridine rings is 1. The monoisotopic (exact) mass is 667 g/mol. The Bertz CT molecular complexity index is 2950. The minimum Gasteiger partial charge on any atom is -0.313 e. The summed E-state index contributed by atoms with van der Waals surface area (Å²) in [4.78, 5) is 9.19. The van der Waals surface area contributed by atoms with Gasteiger partial charge in [0.15, 0.2) is 0 Å². The molecule has 0 unspecified atom stereocenters. The van der Waals surface area contributed by atoms with E-state index in [1.54, 1.807) is 0 Å². The van der Waals surface area contributed by atoms with Crippen LogP contribution < -0.4 is 0 Å². The molecule has 0 bridgehead atoms. The van der Waals surface area contributed by atoms with Crippen molar-refractivity contribution >= 4 is 78.8 Å². The number of aromatic nitrogens is 4. The van der Waals surface area contributed by atoms with Gasteiger partial charge in [-0.15, -0.1) is 0 Å². The molecule has 0 N–H and O–H groups in total. The zero-order valence-corrected chi connectivity index (χ0v) is 28.6. The van der Waals surface area contributed by atoms with Crippen LogP contribution in [-0.4, -0.2) is 25.4 Å². The van der Waals surface area contributed by atoms with Gasteiger partial charge in [-0.05, 0) is 73.8 Å². The maximum absolute atomic E-state index is 4.75. The summed E-state index contributed by atoms with van der Waals surface area (Å²) in [5, 5.41) is 5.92. The van der Waals surface area contributed by atoms with E-state index >= 15 is 0 Å². The zero-order valence-electron chi connectivity index (χ0n) is 28.6. The van der Waals surface area contributed by atoms with Crippen LogP contribution in [0.15, 0.2) is 169 Å². The number of fused-ring (bicyclic) bond motifs is 7. The number of aliphatic imine (C=N–C) groups is 1. The lowest BCUT2D eigenvalue weighted by Crippen LogP contribution is -1.98. The average molecular weight is 668 g/mol. The summed E-state index contributed by atoms with van der Waals surface area (Å²) in [5.74, 6) is 0.800. The lowest BCUT2D eigenvalue weighted by Gasteiger charge is -2.16. The van der Waals surface area contributed by atoms with Crippen LogP contribution in [0.4, 0.5) is 5.82 Å². The van der Waals surface area contributed by atoms with E-state index in [9.17, 15) is 0 Å². The van der Waals surface area contributed by atoms with Crippen LogP contribution in [0, 0.1) is 0 Å². The van der Waals surface area contributed by atoms with Crippen molar-refractivity contribution in [2.24, 2.45) is 4.99 Å². The van der Waals surface area contributed by atoms with E-state index < -0.39 is 0 Å². The minimum atomic E-state index is 0.800. The van der Waals surface area contributed by atoms with Crippen molar-refractivity contribution in [3.8, 4) is 22.5 Å². The van der Waals surface area contributed by atoms with Gasteiger partial charge in [-0.25, -0.2) is 4.99 Å². The van der Waals surface area contributed by atoms with Crippen LogP contribution in [0.3, 0.4) is 0 Å². The summed E-state index contributed by atoms with van der Waals surface area (Å²) in [7, 11) is 0. The van der Waals surface area contributed by atoms with Crippen molar-refractivity contribution in [1.29, 1.82) is 0 Å². The van der Waals surface area contributed by atoms with Crippen molar-refractivity contribution < 1.29 is 0 Å². The number of allylic oxidation sites excluding steroid dienone is 1. The first-order valence-electron chi connectivity index (χ1n) is 17.5. The highest BCUT2D eigenvalue weighted by Gasteiger charge is 2.21. The Morgan fingerprint density at radius 1 is 0.577 bits per heavy atom. The third-order valence-corrected chi connectivity index (χ3v) is 10.4. The van der Waals surface area contributed by atoms with Gasteiger partial charge in [0.05, 0.1) is 33.3 Å². The SMILES string of the molecule is C=Nc1c(/C=C(\C)n2c3ccccc3c3cnccc32)c2ccccc2n1-c1ccccc1-c1cccc(-n2c3ccccc3c3ccccc32)c1. The summed E-state index contributed by atoms with van der Waals surface area (Å²) >= 11 is 0. The zero-order chi connectivity index (χ0) is 34.8. The Hall–Kier alpha value is -6.98. The molecule has 0 fully saturated rings. The van der Waals surface area contributed by atoms with E-state index in [0.29, 0.717) is 0 Å². The van der Waals surface area contributed by atoms with Gasteiger partial charge in [-0.2, -0.15) is 0 Å². The number of hydrogen-bond acceptors (Lipinski definition) is 2. The van der Waals surface area contributed by atoms with Gasteiger partial charge in [0.1, 0.15) is 5.82 Å². The minimum absolute atomic E-state index is 0.800. The van der Waals surface area contributed by atoms with E-state index in [4.69, 9.17) is 4.99 Å². The molecule has 0 saturated carbocycles. The molecule has 0 aliphatic heterocycles.